The van der Waals surface area contributed by atoms with Gasteiger partial charge < -0.3 is 14.6 Å². The molecule has 1 N–H and O–H groups in total. The van der Waals surface area contributed by atoms with Gasteiger partial charge in [-0.1, -0.05) is 12.1 Å². The van der Waals surface area contributed by atoms with Crippen molar-refractivity contribution in [1.82, 2.24) is 9.55 Å². The standard InChI is InChI=1S/C16H21N3O/c1-3-19-9-7-17-16(19)11-15(20)13-4-5-14-12(10-13)6-8-18(14)2/h4-5,7,9-10,15,20H,3,6,8,11H2,1-2H3. The first-order chi connectivity index (χ1) is 9.69. The Bertz CT molecular complexity index is 606. The zero-order chi connectivity index (χ0) is 14.1. The number of anilines is 1. The Labute approximate surface area is 119 Å². The molecule has 3 rings (SSSR count). The third-order valence-corrected chi connectivity index (χ3v) is 4.13. The smallest absolute Gasteiger partial charge is 0.111 e. The van der Waals surface area contributed by atoms with E-state index in [1.165, 1.54) is 11.3 Å². The second-order valence-corrected chi connectivity index (χ2v) is 5.41. The molecule has 0 bridgehead atoms. The molecule has 1 aliphatic rings. The number of aliphatic hydroxyl groups is 1. The molecule has 0 fully saturated rings. The largest absolute Gasteiger partial charge is 0.388 e. The van der Waals surface area contributed by atoms with E-state index in [4.69, 9.17) is 0 Å². The van der Waals surface area contributed by atoms with E-state index < -0.39 is 6.10 Å². The van der Waals surface area contributed by atoms with Gasteiger partial charge in [0.15, 0.2) is 0 Å². The molecule has 106 valence electrons. The fourth-order valence-corrected chi connectivity index (χ4v) is 2.90. The van der Waals surface area contributed by atoms with Gasteiger partial charge in [-0.15, -0.1) is 0 Å². The number of rotatable bonds is 4. The highest BCUT2D eigenvalue weighted by molar-refractivity contribution is 5.58. The number of aliphatic hydroxyl groups excluding tert-OH is 1. The van der Waals surface area contributed by atoms with E-state index >= 15 is 0 Å². The maximum atomic E-state index is 10.4. The lowest BCUT2D eigenvalue weighted by molar-refractivity contribution is 0.174. The monoisotopic (exact) mass is 271 g/mol. The van der Waals surface area contributed by atoms with E-state index in [1.54, 1.807) is 6.20 Å². The Morgan fingerprint density at radius 1 is 1.40 bits per heavy atom. The summed E-state index contributed by atoms with van der Waals surface area (Å²) in [6.07, 6.45) is 4.90. The molecular formula is C16H21N3O. The SMILES string of the molecule is CCn1ccnc1CC(O)c1ccc2c(c1)CCN2C. The van der Waals surface area contributed by atoms with Gasteiger partial charge in [-0.3, -0.25) is 0 Å². The predicted octanol–water partition coefficient (Wildman–Crippen LogP) is 2.17. The lowest BCUT2D eigenvalue weighted by Crippen LogP contribution is -2.12. The molecule has 0 aliphatic carbocycles. The predicted molar refractivity (Wildman–Crippen MR) is 80.0 cm³/mol. The third-order valence-electron chi connectivity index (χ3n) is 4.13. The minimum absolute atomic E-state index is 0.487. The Hall–Kier alpha value is -1.81. The minimum Gasteiger partial charge on any atom is -0.388 e. The number of likely N-dealkylation sites (N-methyl/N-ethyl adjacent to an activating group) is 1. The van der Waals surface area contributed by atoms with Gasteiger partial charge in [-0.2, -0.15) is 0 Å². The van der Waals surface area contributed by atoms with Gasteiger partial charge >= 0.3 is 0 Å². The maximum absolute atomic E-state index is 10.4. The number of benzene rings is 1. The molecule has 1 aliphatic heterocycles. The first-order valence-corrected chi connectivity index (χ1v) is 7.21. The Morgan fingerprint density at radius 2 is 2.25 bits per heavy atom. The van der Waals surface area contributed by atoms with Crippen LogP contribution in [0.25, 0.3) is 0 Å². The van der Waals surface area contributed by atoms with Crippen LogP contribution in [-0.2, 0) is 19.4 Å². The number of hydrogen-bond donors (Lipinski definition) is 1. The Morgan fingerprint density at radius 3 is 3.05 bits per heavy atom. The molecule has 1 atom stereocenters. The van der Waals surface area contributed by atoms with Crippen molar-refractivity contribution in [3.05, 3.63) is 47.5 Å². The fourth-order valence-electron chi connectivity index (χ4n) is 2.90. The van der Waals surface area contributed by atoms with Crippen molar-refractivity contribution in [1.29, 1.82) is 0 Å². The van der Waals surface area contributed by atoms with Crippen LogP contribution in [-0.4, -0.2) is 28.3 Å². The highest BCUT2D eigenvalue weighted by atomic mass is 16.3. The molecule has 2 heterocycles. The topological polar surface area (TPSA) is 41.3 Å². The molecule has 0 saturated heterocycles. The molecule has 0 saturated carbocycles. The average molecular weight is 271 g/mol. The fraction of sp³-hybridized carbons (Fsp3) is 0.438. The summed E-state index contributed by atoms with van der Waals surface area (Å²) in [5.74, 6) is 0.942. The maximum Gasteiger partial charge on any atom is 0.111 e. The lowest BCUT2D eigenvalue weighted by Gasteiger charge is -2.15. The highest BCUT2D eigenvalue weighted by Gasteiger charge is 2.18. The number of imidazole rings is 1. The second kappa shape index (κ2) is 5.29. The summed E-state index contributed by atoms with van der Waals surface area (Å²) >= 11 is 0. The summed E-state index contributed by atoms with van der Waals surface area (Å²) in [6, 6.07) is 6.29. The molecule has 0 spiro atoms. The first-order valence-electron chi connectivity index (χ1n) is 7.21. The van der Waals surface area contributed by atoms with Crippen LogP contribution < -0.4 is 4.90 Å². The summed E-state index contributed by atoms with van der Waals surface area (Å²) in [6.45, 7) is 4.04. The average Bonchev–Trinajstić information content (AvgIpc) is 3.05. The van der Waals surface area contributed by atoms with Crippen molar-refractivity contribution in [3.8, 4) is 0 Å². The van der Waals surface area contributed by atoms with Gasteiger partial charge in [0.05, 0.1) is 6.10 Å². The molecule has 4 nitrogen and oxygen atoms in total. The highest BCUT2D eigenvalue weighted by Crippen LogP contribution is 2.30. The van der Waals surface area contributed by atoms with Gasteiger partial charge in [-0.25, -0.2) is 4.98 Å². The number of aryl methyl sites for hydroxylation is 1. The first kappa shape index (κ1) is 13.2. The molecule has 4 heteroatoms. The van der Waals surface area contributed by atoms with Crippen molar-refractivity contribution < 1.29 is 5.11 Å². The quantitative estimate of drug-likeness (QED) is 0.926. The lowest BCUT2D eigenvalue weighted by atomic mass is 10.0. The molecule has 2 aromatic rings. The summed E-state index contributed by atoms with van der Waals surface area (Å²) in [5.41, 5.74) is 3.61. The number of fused-ring (bicyclic) bond motifs is 1. The van der Waals surface area contributed by atoms with E-state index in [2.05, 4.69) is 40.6 Å². The zero-order valence-corrected chi connectivity index (χ0v) is 12.1. The molecule has 20 heavy (non-hydrogen) atoms. The van der Waals surface area contributed by atoms with Crippen LogP contribution in [0.4, 0.5) is 5.69 Å². The van der Waals surface area contributed by atoms with E-state index in [0.29, 0.717) is 6.42 Å². The van der Waals surface area contributed by atoms with Crippen molar-refractivity contribution in [2.45, 2.75) is 32.4 Å². The van der Waals surface area contributed by atoms with Crippen LogP contribution in [0.5, 0.6) is 0 Å². The van der Waals surface area contributed by atoms with Crippen LogP contribution in [0.1, 0.15) is 30.0 Å². The van der Waals surface area contributed by atoms with Crippen molar-refractivity contribution in [2.24, 2.45) is 0 Å². The van der Waals surface area contributed by atoms with Crippen LogP contribution in [0, 0.1) is 0 Å². The molecular weight excluding hydrogens is 250 g/mol. The van der Waals surface area contributed by atoms with Crippen LogP contribution >= 0.6 is 0 Å². The molecule has 1 aromatic carbocycles. The second-order valence-electron chi connectivity index (χ2n) is 5.41. The van der Waals surface area contributed by atoms with E-state index in [9.17, 15) is 5.11 Å². The number of nitrogens with zero attached hydrogens (tertiary/aromatic N) is 3. The van der Waals surface area contributed by atoms with E-state index in [1.807, 2.05) is 12.3 Å². The van der Waals surface area contributed by atoms with Gasteiger partial charge in [0.1, 0.15) is 5.82 Å². The van der Waals surface area contributed by atoms with E-state index in [-0.39, 0.29) is 0 Å². The van der Waals surface area contributed by atoms with Crippen LogP contribution in [0.2, 0.25) is 0 Å². The number of hydrogen-bond acceptors (Lipinski definition) is 3. The normalized spacial score (nSPS) is 15.4. The van der Waals surface area contributed by atoms with Gasteiger partial charge in [0.25, 0.3) is 0 Å². The molecule has 0 radical (unpaired) electrons. The summed E-state index contributed by atoms with van der Waals surface area (Å²) in [5, 5.41) is 10.4. The molecule has 1 unspecified atom stereocenters. The third kappa shape index (κ3) is 2.31. The summed E-state index contributed by atoms with van der Waals surface area (Å²) < 4.78 is 2.07. The zero-order valence-electron chi connectivity index (χ0n) is 12.1. The van der Waals surface area contributed by atoms with Crippen molar-refractivity contribution in [2.75, 3.05) is 18.5 Å². The Balaban J connectivity index is 1.79. The minimum atomic E-state index is -0.487. The van der Waals surface area contributed by atoms with E-state index in [0.717, 1.165) is 30.9 Å². The molecule has 1 aromatic heterocycles. The summed E-state index contributed by atoms with van der Waals surface area (Å²) in [7, 11) is 2.11. The van der Waals surface area contributed by atoms with Crippen molar-refractivity contribution >= 4 is 5.69 Å². The van der Waals surface area contributed by atoms with Gasteiger partial charge in [-0.05, 0) is 30.5 Å². The summed E-state index contributed by atoms with van der Waals surface area (Å²) in [4.78, 5) is 6.59. The van der Waals surface area contributed by atoms with Crippen LogP contribution in [0.15, 0.2) is 30.6 Å². The van der Waals surface area contributed by atoms with Crippen molar-refractivity contribution in [3.63, 3.8) is 0 Å². The Kier molecular flexibility index (Phi) is 3.49. The molecule has 0 amide bonds. The van der Waals surface area contributed by atoms with Crippen LogP contribution in [0.3, 0.4) is 0 Å². The van der Waals surface area contributed by atoms with Gasteiger partial charge in [0.2, 0.25) is 0 Å². The number of aromatic nitrogens is 2. The van der Waals surface area contributed by atoms with Gasteiger partial charge in [0, 0.05) is 44.6 Å².